The van der Waals surface area contributed by atoms with Gasteiger partial charge in [0.2, 0.25) is 0 Å². The topological polar surface area (TPSA) is 0 Å². The van der Waals surface area contributed by atoms with E-state index in [1.807, 2.05) is 0 Å². The third-order valence-corrected chi connectivity index (χ3v) is 13.9. The molecule has 0 saturated carbocycles. The molecule has 306 valence electrons. The second-order valence-corrected chi connectivity index (χ2v) is 18.0. The molecule has 0 unspecified atom stereocenters. The summed E-state index contributed by atoms with van der Waals surface area (Å²) < 4.78 is 0. The summed E-state index contributed by atoms with van der Waals surface area (Å²) >= 11 is 0. The maximum absolute atomic E-state index is 2.43. The zero-order chi connectivity index (χ0) is 43.5. The fourth-order valence-corrected chi connectivity index (χ4v) is 10.5. The molecule has 0 N–H and O–H groups in total. The van der Waals surface area contributed by atoms with Crippen LogP contribution in [0.25, 0.3) is 111 Å². The van der Waals surface area contributed by atoms with Crippen LogP contribution in [-0.4, -0.2) is 0 Å². The largest absolute Gasteiger partial charge is 0.0622 e. The van der Waals surface area contributed by atoms with Gasteiger partial charge < -0.3 is 0 Å². The average Bonchev–Trinajstić information content (AvgIpc) is 3.60. The van der Waals surface area contributed by atoms with Gasteiger partial charge >= 0.3 is 0 Å². The molecule has 0 heterocycles. The van der Waals surface area contributed by atoms with Crippen molar-refractivity contribution in [3.8, 4) is 89.0 Å². The van der Waals surface area contributed by atoms with Crippen molar-refractivity contribution in [2.75, 3.05) is 0 Å². The lowest BCUT2D eigenvalue weighted by atomic mass is 9.81. The second kappa shape index (κ2) is 15.6. The first-order valence-corrected chi connectivity index (χ1v) is 22.7. The molecule has 12 rings (SSSR count). The van der Waals surface area contributed by atoms with Gasteiger partial charge in [-0.2, -0.15) is 0 Å². The molecule has 0 atom stereocenters. The summed E-state index contributed by atoms with van der Waals surface area (Å²) in [6, 6.07) is 89.6. The summed E-state index contributed by atoms with van der Waals surface area (Å²) in [5.74, 6) is 0. The Morgan fingerprint density at radius 1 is 0.215 bits per heavy atom. The number of benzene rings is 11. The predicted octanol–water partition coefficient (Wildman–Crippen LogP) is 18.0. The van der Waals surface area contributed by atoms with Crippen LogP contribution in [0.3, 0.4) is 0 Å². The number of rotatable bonds is 7. The number of hydrogen-bond donors (Lipinski definition) is 0. The van der Waals surface area contributed by atoms with Gasteiger partial charge in [-0.3, -0.25) is 0 Å². The van der Waals surface area contributed by atoms with Gasteiger partial charge in [-0.05, 0) is 140 Å². The lowest BCUT2D eigenvalue weighted by Crippen LogP contribution is -2.15. The smallest absolute Gasteiger partial charge is 0.0159 e. The second-order valence-electron chi connectivity index (χ2n) is 18.0. The molecule has 0 fully saturated rings. The van der Waals surface area contributed by atoms with Gasteiger partial charge in [-0.25, -0.2) is 0 Å². The SMILES string of the molecule is CC1(C)c2cc(-c3ccccc3)ccc2-c2ccc(-c3ccc(-c4ccc5c(-c6ccc(-c7ccccc7)cc6)c6ccccc6c(-c6ccc(-c7ccccc7)cc6)c5c4)cc3)cc21. The van der Waals surface area contributed by atoms with Crippen molar-refractivity contribution >= 4 is 21.5 Å². The molecule has 1 aliphatic carbocycles. The Bertz CT molecular complexity index is 3540. The van der Waals surface area contributed by atoms with E-state index in [2.05, 4.69) is 257 Å². The molecule has 0 amide bonds. The number of fused-ring (bicyclic) bond motifs is 5. The molecule has 65 heavy (non-hydrogen) atoms. The maximum Gasteiger partial charge on any atom is 0.0159 e. The molecule has 0 aromatic heterocycles. The molecule has 0 nitrogen and oxygen atoms in total. The van der Waals surface area contributed by atoms with E-state index < -0.39 is 0 Å². The quantitative estimate of drug-likeness (QED) is 0.140. The molecule has 0 aliphatic heterocycles. The van der Waals surface area contributed by atoms with Gasteiger partial charge in [0.25, 0.3) is 0 Å². The van der Waals surface area contributed by atoms with Crippen LogP contribution in [0.15, 0.2) is 243 Å². The first-order chi connectivity index (χ1) is 32.0. The summed E-state index contributed by atoms with van der Waals surface area (Å²) in [6.45, 7) is 4.75. The van der Waals surface area contributed by atoms with Gasteiger partial charge in [0.15, 0.2) is 0 Å². The number of hydrogen-bond acceptors (Lipinski definition) is 0. The first kappa shape index (κ1) is 38.6. The van der Waals surface area contributed by atoms with Crippen LogP contribution in [0.2, 0.25) is 0 Å². The van der Waals surface area contributed by atoms with Crippen LogP contribution in [-0.2, 0) is 5.41 Å². The predicted molar refractivity (Wildman–Crippen MR) is 277 cm³/mol. The Labute approximate surface area is 381 Å². The highest BCUT2D eigenvalue weighted by atomic mass is 14.4. The Morgan fingerprint density at radius 2 is 0.492 bits per heavy atom. The van der Waals surface area contributed by atoms with Crippen molar-refractivity contribution in [1.82, 2.24) is 0 Å². The van der Waals surface area contributed by atoms with E-state index in [-0.39, 0.29) is 5.41 Å². The van der Waals surface area contributed by atoms with Gasteiger partial charge in [-0.15, -0.1) is 0 Å². The van der Waals surface area contributed by atoms with Gasteiger partial charge in [0, 0.05) is 5.41 Å². The Balaban J connectivity index is 0.953. The summed E-state index contributed by atoms with van der Waals surface area (Å²) in [5, 5.41) is 5.00. The maximum atomic E-state index is 2.43. The Kier molecular flexibility index (Phi) is 9.28. The highest BCUT2D eigenvalue weighted by Gasteiger charge is 2.36. The van der Waals surface area contributed by atoms with Crippen molar-refractivity contribution in [2.45, 2.75) is 19.3 Å². The highest BCUT2D eigenvalue weighted by molar-refractivity contribution is 6.22. The third kappa shape index (κ3) is 6.69. The van der Waals surface area contributed by atoms with E-state index in [0.717, 1.165) is 0 Å². The minimum atomic E-state index is -0.108. The van der Waals surface area contributed by atoms with E-state index in [1.54, 1.807) is 0 Å². The van der Waals surface area contributed by atoms with Gasteiger partial charge in [-0.1, -0.05) is 238 Å². The summed E-state index contributed by atoms with van der Waals surface area (Å²) in [6.07, 6.45) is 0. The molecule has 11 aromatic rings. The molecule has 0 saturated heterocycles. The van der Waals surface area contributed by atoms with E-state index >= 15 is 0 Å². The normalized spacial score (nSPS) is 12.6. The van der Waals surface area contributed by atoms with Crippen LogP contribution < -0.4 is 0 Å². The van der Waals surface area contributed by atoms with Crippen molar-refractivity contribution in [3.05, 3.63) is 254 Å². The lowest BCUT2D eigenvalue weighted by molar-refractivity contribution is 0.661. The third-order valence-electron chi connectivity index (χ3n) is 13.9. The van der Waals surface area contributed by atoms with Crippen molar-refractivity contribution < 1.29 is 0 Å². The molecular formula is C65H46. The van der Waals surface area contributed by atoms with E-state index in [0.29, 0.717) is 0 Å². The zero-order valence-electron chi connectivity index (χ0n) is 36.6. The molecule has 11 aromatic carbocycles. The highest BCUT2D eigenvalue weighted by Crippen LogP contribution is 2.51. The van der Waals surface area contributed by atoms with E-state index in [4.69, 9.17) is 0 Å². The van der Waals surface area contributed by atoms with Crippen molar-refractivity contribution in [2.24, 2.45) is 0 Å². The minimum absolute atomic E-state index is 0.108. The summed E-state index contributed by atoms with van der Waals surface area (Å²) in [4.78, 5) is 0. The van der Waals surface area contributed by atoms with Gasteiger partial charge in [0.05, 0.1) is 0 Å². The van der Waals surface area contributed by atoms with Crippen LogP contribution >= 0.6 is 0 Å². The summed E-state index contributed by atoms with van der Waals surface area (Å²) in [7, 11) is 0. The zero-order valence-corrected chi connectivity index (χ0v) is 36.6. The van der Waals surface area contributed by atoms with Crippen molar-refractivity contribution in [3.63, 3.8) is 0 Å². The first-order valence-electron chi connectivity index (χ1n) is 22.7. The molecule has 0 bridgehead atoms. The molecule has 0 radical (unpaired) electrons. The van der Waals surface area contributed by atoms with Crippen LogP contribution in [0, 0.1) is 0 Å². The van der Waals surface area contributed by atoms with Crippen LogP contribution in [0.4, 0.5) is 0 Å². The lowest BCUT2D eigenvalue weighted by Gasteiger charge is -2.22. The fraction of sp³-hybridized carbons (Fsp3) is 0.0462. The molecular weight excluding hydrogens is 781 g/mol. The summed E-state index contributed by atoms with van der Waals surface area (Å²) in [5.41, 5.74) is 22.6. The monoisotopic (exact) mass is 826 g/mol. The average molecular weight is 827 g/mol. The Hall–Kier alpha value is -8.06. The van der Waals surface area contributed by atoms with E-state index in [1.165, 1.54) is 122 Å². The standard InChI is InChI=1S/C65H46/c1-65(2)61-41-53(45-18-10-5-11-19-45)34-37-55(61)56-38-35-54(42-62(56)65)49-24-22-48(23-25-49)52-36-39-59-60(40-52)64(51-32-28-47(29-33-51)44-16-8-4-9-17-44)58-21-13-12-20-57(58)63(59)50-30-26-46(27-31-50)43-14-6-3-7-15-43/h3-42H,1-2H3. The Morgan fingerprint density at radius 3 is 0.923 bits per heavy atom. The molecule has 0 spiro atoms. The van der Waals surface area contributed by atoms with Gasteiger partial charge in [0.1, 0.15) is 0 Å². The minimum Gasteiger partial charge on any atom is -0.0622 e. The van der Waals surface area contributed by atoms with E-state index in [9.17, 15) is 0 Å². The van der Waals surface area contributed by atoms with Crippen LogP contribution in [0.1, 0.15) is 25.0 Å². The van der Waals surface area contributed by atoms with Crippen LogP contribution in [0.5, 0.6) is 0 Å². The van der Waals surface area contributed by atoms with Crippen molar-refractivity contribution in [1.29, 1.82) is 0 Å². The molecule has 1 aliphatic rings. The fourth-order valence-electron chi connectivity index (χ4n) is 10.5. The molecule has 0 heteroatoms.